The molecule has 1 N–H and O–H groups in total. The van der Waals surface area contributed by atoms with Crippen molar-refractivity contribution in [3.05, 3.63) is 92.1 Å². The first kappa shape index (κ1) is 20.2. The van der Waals surface area contributed by atoms with Crippen molar-refractivity contribution in [3.63, 3.8) is 0 Å². The molecule has 3 aromatic rings. The molecule has 1 unspecified atom stereocenters. The van der Waals surface area contributed by atoms with Gasteiger partial charge in [-0.2, -0.15) is 0 Å². The van der Waals surface area contributed by atoms with Crippen molar-refractivity contribution in [1.82, 2.24) is 5.32 Å². The van der Waals surface area contributed by atoms with Crippen LogP contribution in [0, 0.1) is 11.6 Å². The molecule has 2 aromatic carbocycles. The second-order valence-electron chi connectivity index (χ2n) is 5.77. The van der Waals surface area contributed by atoms with Crippen molar-refractivity contribution in [2.75, 3.05) is 6.61 Å². The van der Waals surface area contributed by atoms with Crippen LogP contribution in [0.1, 0.15) is 26.8 Å². The summed E-state index contributed by atoms with van der Waals surface area (Å²) in [6, 6.07) is 12.8. The first-order valence-electron chi connectivity index (χ1n) is 8.14. The Balaban J connectivity index is 1.67. The van der Waals surface area contributed by atoms with E-state index in [1.807, 2.05) is 17.5 Å². The molecule has 1 atom stereocenters. The molecule has 0 fully saturated rings. The number of rotatable bonds is 6. The maximum absolute atomic E-state index is 13.8. The molecule has 0 bridgehead atoms. The van der Waals surface area contributed by atoms with E-state index in [9.17, 15) is 18.4 Å². The van der Waals surface area contributed by atoms with Crippen LogP contribution >= 0.6 is 27.3 Å². The molecular weight excluding hydrogens is 452 g/mol. The SMILES string of the molecule is O=C(COC(=O)c1ccc(Br)cc1F)NC(c1ccc(F)cc1)c1cccs1. The van der Waals surface area contributed by atoms with Crippen molar-refractivity contribution < 1.29 is 23.1 Å². The van der Waals surface area contributed by atoms with Gasteiger partial charge in [-0.05, 0) is 47.3 Å². The predicted molar refractivity (Wildman–Crippen MR) is 105 cm³/mol. The summed E-state index contributed by atoms with van der Waals surface area (Å²) in [6.07, 6.45) is 0. The minimum absolute atomic E-state index is 0.260. The van der Waals surface area contributed by atoms with E-state index < -0.39 is 30.3 Å². The minimum Gasteiger partial charge on any atom is -0.452 e. The number of amides is 1. The lowest BCUT2D eigenvalue weighted by molar-refractivity contribution is -0.124. The lowest BCUT2D eigenvalue weighted by Crippen LogP contribution is -2.32. The van der Waals surface area contributed by atoms with E-state index in [-0.39, 0.29) is 11.4 Å². The zero-order valence-electron chi connectivity index (χ0n) is 14.3. The standard InChI is InChI=1S/C20H14BrF2NO3S/c21-13-5-8-15(16(23)10-13)20(26)27-11-18(25)24-19(17-2-1-9-28-17)12-3-6-14(22)7-4-12/h1-10,19H,11H2,(H,24,25). The molecule has 0 spiro atoms. The highest BCUT2D eigenvalue weighted by molar-refractivity contribution is 9.10. The fraction of sp³-hybridized carbons (Fsp3) is 0.100. The number of thiophene rings is 1. The molecule has 8 heteroatoms. The average molecular weight is 466 g/mol. The van der Waals surface area contributed by atoms with Crippen LogP contribution < -0.4 is 5.32 Å². The summed E-state index contributed by atoms with van der Waals surface area (Å²) in [6.45, 7) is -0.572. The van der Waals surface area contributed by atoms with Crippen LogP contribution in [-0.2, 0) is 9.53 Å². The van der Waals surface area contributed by atoms with Crippen LogP contribution in [0.15, 0.2) is 64.5 Å². The molecule has 28 heavy (non-hydrogen) atoms. The molecule has 1 aromatic heterocycles. The molecule has 0 saturated heterocycles. The summed E-state index contributed by atoms with van der Waals surface area (Å²) in [7, 11) is 0. The molecular formula is C20H14BrF2NO3S. The summed E-state index contributed by atoms with van der Waals surface area (Å²) < 4.78 is 32.4. The van der Waals surface area contributed by atoms with E-state index in [0.29, 0.717) is 10.0 Å². The van der Waals surface area contributed by atoms with Crippen LogP contribution in [0.4, 0.5) is 8.78 Å². The van der Waals surface area contributed by atoms with E-state index >= 15 is 0 Å². The summed E-state index contributed by atoms with van der Waals surface area (Å²) in [5.74, 6) is -2.63. The van der Waals surface area contributed by atoms with Gasteiger partial charge in [0.05, 0.1) is 11.6 Å². The second kappa shape index (κ2) is 9.07. The van der Waals surface area contributed by atoms with Crippen molar-refractivity contribution >= 4 is 39.1 Å². The molecule has 4 nitrogen and oxygen atoms in total. The largest absolute Gasteiger partial charge is 0.452 e. The third kappa shape index (κ3) is 5.02. The molecule has 0 saturated carbocycles. The monoisotopic (exact) mass is 465 g/mol. The Bertz CT molecular complexity index is 978. The number of hydrogen-bond acceptors (Lipinski definition) is 4. The van der Waals surface area contributed by atoms with Gasteiger partial charge in [-0.15, -0.1) is 11.3 Å². The van der Waals surface area contributed by atoms with E-state index in [4.69, 9.17) is 4.74 Å². The Hall–Kier alpha value is -2.58. The molecule has 0 aliphatic rings. The second-order valence-corrected chi connectivity index (χ2v) is 7.66. The number of hydrogen-bond donors (Lipinski definition) is 1. The van der Waals surface area contributed by atoms with Gasteiger partial charge in [0.15, 0.2) is 6.61 Å². The maximum Gasteiger partial charge on any atom is 0.341 e. The van der Waals surface area contributed by atoms with Gasteiger partial charge in [0.2, 0.25) is 0 Å². The summed E-state index contributed by atoms with van der Waals surface area (Å²) in [4.78, 5) is 25.1. The first-order valence-corrected chi connectivity index (χ1v) is 9.81. The Kier molecular flexibility index (Phi) is 6.53. The normalized spacial score (nSPS) is 11.7. The van der Waals surface area contributed by atoms with Crippen LogP contribution in [0.2, 0.25) is 0 Å². The number of esters is 1. The van der Waals surface area contributed by atoms with E-state index in [1.54, 1.807) is 12.1 Å². The van der Waals surface area contributed by atoms with Crippen LogP contribution in [0.25, 0.3) is 0 Å². The van der Waals surface area contributed by atoms with Crippen molar-refractivity contribution in [2.24, 2.45) is 0 Å². The van der Waals surface area contributed by atoms with Gasteiger partial charge in [0.25, 0.3) is 5.91 Å². The van der Waals surface area contributed by atoms with Crippen LogP contribution in [0.3, 0.4) is 0 Å². The molecule has 0 aliphatic heterocycles. The topological polar surface area (TPSA) is 55.4 Å². The van der Waals surface area contributed by atoms with Crippen LogP contribution in [0.5, 0.6) is 0 Å². The van der Waals surface area contributed by atoms with Gasteiger partial charge >= 0.3 is 5.97 Å². The highest BCUT2D eigenvalue weighted by Gasteiger charge is 2.20. The number of ether oxygens (including phenoxy) is 1. The Labute approximate surface area is 172 Å². The minimum atomic E-state index is -0.936. The molecule has 1 amide bonds. The third-order valence-corrected chi connectivity index (χ3v) is 5.25. The average Bonchev–Trinajstić information content (AvgIpc) is 3.19. The fourth-order valence-electron chi connectivity index (χ4n) is 2.50. The lowest BCUT2D eigenvalue weighted by Gasteiger charge is -2.18. The molecule has 144 valence electrons. The smallest absolute Gasteiger partial charge is 0.341 e. The maximum atomic E-state index is 13.8. The van der Waals surface area contributed by atoms with Crippen molar-refractivity contribution in [3.8, 4) is 0 Å². The summed E-state index contributed by atoms with van der Waals surface area (Å²) >= 11 is 4.53. The van der Waals surface area contributed by atoms with Crippen LogP contribution in [-0.4, -0.2) is 18.5 Å². The Morgan fingerprint density at radius 3 is 2.50 bits per heavy atom. The van der Waals surface area contributed by atoms with Gasteiger partial charge in [0.1, 0.15) is 11.6 Å². The number of benzene rings is 2. The van der Waals surface area contributed by atoms with Crippen molar-refractivity contribution in [1.29, 1.82) is 0 Å². The van der Waals surface area contributed by atoms with Gasteiger partial charge in [-0.1, -0.05) is 34.1 Å². The van der Waals surface area contributed by atoms with E-state index in [0.717, 1.165) is 10.9 Å². The number of carbonyl (C=O) groups excluding carboxylic acids is 2. The molecule has 0 radical (unpaired) electrons. The lowest BCUT2D eigenvalue weighted by atomic mass is 10.1. The molecule has 0 aliphatic carbocycles. The third-order valence-electron chi connectivity index (χ3n) is 3.82. The highest BCUT2D eigenvalue weighted by atomic mass is 79.9. The number of halogens is 3. The first-order chi connectivity index (χ1) is 13.4. The molecule has 3 rings (SSSR count). The Morgan fingerprint density at radius 2 is 1.86 bits per heavy atom. The Morgan fingerprint density at radius 1 is 1.11 bits per heavy atom. The summed E-state index contributed by atoms with van der Waals surface area (Å²) in [5, 5.41) is 4.61. The zero-order chi connectivity index (χ0) is 20.1. The van der Waals surface area contributed by atoms with Gasteiger partial charge in [-0.25, -0.2) is 13.6 Å². The number of carbonyl (C=O) groups is 2. The molecule has 1 heterocycles. The predicted octanol–water partition coefficient (Wildman–Crippen LogP) is 4.85. The van der Waals surface area contributed by atoms with E-state index in [2.05, 4.69) is 21.2 Å². The number of nitrogens with one attached hydrogen (secondary N) is 1. The van der Waals surface area contributed by atoms with Gasteiger partial charge in [0, 0.05) is 9.35 Å². The van der Waals surface area contributed by atoms with E-state index in [1.165, 1.54) is 35.6 Å². The van der Waals surface area contributed by atoms with Gasteiger partial charge in [-0.3, -0.25) is 4.79 Å². The zero-order valence-corrected chi connectivity index (χ0v) is 16.7. The quantitative estimate of drug-likeness (QED) is 0.529. The summed E-state index contributed by atoms with van der Waals surface area (Å²) in [5.41, 5.74) is 0.423. The highest BCUT2D eigenvalue weighted by Crippen LogP contribution is 2.26. The van der Waals surface area contributed by atoms with Gasteiger partial charge < -0.3 is 10.1 Å². The van der Waals surface area contributed by atoms with Crippen molar-refractivity contribution in [2.45, 2.75) is 6.04 Å². The fourth-order valence-corrected chi connectivity index (χ4v) is 3.63.